The first-order valence-electron chi connectivity index (χ1n) is 9.40. The summed E-state index contributed by atoms with van der Waals surface area (Å²) in [5.41, 5.74) is 1.14. The first-order valence-corrected chi connectivity index (χ1v) is 10.9. The summed E-state index contributed by atoms with van der Waals surface area (Å²) in [5.74, 6) is -0.383. The molecule has 0 bridgehead atoms. The Morgan fingerprint density at radius 2 is 1.78 bits per heavy atom. The van der Waals surface area contributed by atoms with Gasteiger partial charge < -0.3 is 14.8 Å². The molecule has 10 heteroatoms. The Labute approximate surface area is 183 Å². The molecule has 0 fully saturated rings. The van der Waals surface area contributed by atoms with Crippen LogP contribution >= 0.6 is 0 Å². The molecular weight excluding hydrogens is 432 g/mol. The van der Waals surface area contributed by atoms with E-state index in [1.165, 1.54) is 31.4 Å². The van der Waals surface area contributed by atoms with Gasteiger partial charge in [-0.2, -0.15) is 0 Å². The topological polar surface area (TPSA) is 133 Å². The number of amides is 1. The molecule has 0 aliphatic carbocycles. The molecule has 0 atom stereocenters. The van der Waals surface area contributed by atoms with Gasteiger partial charge in [0, 0.05) is 16.6 Å². The van der Waals surface area contributed by atoms with Crippen molar-refractivity contribution in [3.63, 3.8) is 0 Å². The highest BCUT2D eigenvalue weighted by Gasteiger charge is 2.17. The van der Waals surface area contributed by atoms with Crippen molar-refractivity contribution in [3.05, 3.63) is 78.4 Å². The van der Waals surface area contributed by atoms with E-state index in [2.05, 4.69) is 19.9 Å². The van der Waals surface area contributed by atoms with Crippen LogP contribution in [0.3, 0.4) is 0 Å². The smallest absolute Gasteiger partial charge is 0.295 e. The van der Waals surface area contributed by atoms with Gasteiger partial charge in [-0.1, -0.05) is 24.3 Å². The average molecular weight is 450 g/mol. The van der Waals surface area contributed by atoms with Crippen LogP contribution in [0.5, 0.6) is 11.6 Å². The number of nitrogens with zero attached hydrogens (tertiary/aromatic N) is 2. The summed E-state index contributed by atoms with van der Waals surface area (Å²) in [6, 6.07) is 18.8. The number of benzene rings is 3. The number of carbonyl (C=O) groups excluding carboxylic acids is 1. The largest absolute Gasteiger partial charge is 0.497 e. The van der Waals surface area contributed by atoms with E-state index in [0.717, 1.165) is 0 Å². The van der Waals surface area contributed by atoms with E-state index in [1.807, 2.05) is 0 Å². The minimum absolute atomic E-state index is 0.0330. The standard InChI is InChI=1S/C22H18N4O5S/c1-31-16-11-9-15(10-12-16)26-32(29,30)17-6-4-5-14(13-17)21(27)25-24-20-18-7-2-3-8-19(18)23-22(20)28/h2-13,23,26,28H,1H3. The van der Waals surface area contributed by atoms with Gasteiger partial charge in [-0.3, -0.25) is 9.52 Å². The van der Waals surface area contributed by atoms with Gasteiger partial charge in [0.25, 0.3) is 15.9 Å². The van der Waals surface area contributed by atoms with Gasteiger partial charge in [-0.25, -0.2) is 8.42 Å². The van der Waals surface area contributed by atoms with Crippen LogP contribution < -0.4 is 9.46 Å². The van der Waals surface area contributed by atoms with Crippen molar-refractivity contribution in [2.45, 2.75) is 4.90 Å². The molecule has 32 heavy (non-hydrogen) atoms. The summed E-state index contributed by atoms with van der Waals surface area (Å²) in [4.78, 5) is 15.2. The number of hydrogen-bond donors (Lipinski definition) is 3. The predicted octanol–water partition coefficient (Wildman–Crippen LogP) is 4.61. The molecule has 0 aliphatic heterocycles. The third kappa shape index (κ3) is 4.30. The minimum Gasteiger partial charge on any atom is -0.497 e. The maximum atomic E-state index is 12.7. The van der Waals surface area contributed by atoms with E-state index >= 15 is 0 Å². The Kier molecular flexibility index (Phi) is 5.61. The average Bonchev–Trinajstić information content (AvgIpc) is 3.12. The van der Waals surface area contributed by atoms with Crippen LogP contribution in [0.25, 0.3) is 10.9 Å². The van der Waals surface area contributed by atoms with Crippen molar-refractivity contribution >= 4 is 38.2 Å². The van der Waals surface area contributed by atoms with Crippen molar-refractivity contribution in [2.24, 2.45) is 10.2 Å². The highest BCUT2D eigenvalue weighted by molar-refractivity contribution is 7.92. The number of nitrogens with one attached hydrogen (secondary N) is 2. The lowest BCUT2D eigenvalue weighted by molar-refractivity contribution is 0.0995. The molecule has 0 saturated carbocycles. The number of H-pyrrole nitrogens is 1. The van der Waals surface area contributed by atoms with Crippen molar-refractivity contribution in [3.8, 4) is 11.6 Å². The molecule has 1 aromatic heterocycles. The molecule has 1 heterocycles. The zero-order valence-corrected chi connectivity index (χ0v) is 17.6. The SMILES string of the molecule is COc1ccc(NS(=O)(=O)c2cccc(C(=O)N=Nc3c(O)[nH]c4ccccc34)c2)cc1. The monoisotopic (exact) mass is 450 g/mol. The Bertz CT molecular complexity index is 1430. The number of aromatic nitrogens is 1. The fourth-order valence-corrected chi connectivity index (χ4v) is 4.14. The molecule has 1 amide bonds. The van der Waals surface area contributed by atoms with Gasteiger partial charge in [-0.15, -0.1) is 10.2 Å². The number of aromatic amines is 1. The van der Waals surface area contributed by atoms with Crippen LogP contribution in [0.2, 0.25) is 0 Å². The number of sulfonamides is 1. The van der Waals surface area contributed by atoms with Crippen molar-refractivity contribution < 1.29 is 23.1 Å². The number of rotatable bonds is 6. The van der Waals surface area contributed by atoms with E-state index in [0.29, 0.717) is 22.3 Å². The molecular formula is C22H18N4O5S. The lowest BCUT2D eigenvalue weighted by Crippen LogP contribution is -2.13. The maximum Gasteiger partial charge on any atom is 0.295 e. The number of fused-ring (bicyclic) bond motifs is 1. The number of hydrogen-bond acceptors (Lipinski definition) is 6. The van der Waals surface area contributed by atoms with Crippen LogP contribution in [0.4, 0.5) is 11.4 Å². The number of aromatic hydroxyl groups is 1. The molecule has 0 unspecified atom stereocenters. The van der Waals surface area contributed by atoms with E-state index < -0.39 is 15.9 Å². The maximum absolute atomic E-state index is 12.7. The summed E-state index contributed by atoms with van der Waals surface area (Å²) in [6.07, 6.45) is 0. The van der Waals surface area contributed by atoms with Gasteiger partial charge in [0.05, 0.1) is 17.5 Å². The normalized spacial score (nSPS) is 11.7. The number of carbonyl (C=O) groups is 1. The molecule has 9 nitrogen and oxygen atoms in total. The van der Waals surface area contributed by atoms with Crippen LogP contribution in [0.1, 0.15) is 10.4 Å². The molecule has 0 aliphatic rings. The minimum atomic E-state index is -3.94. The van der Waals surface area contributed by atoms with Gasteiger partial charge >= 0.3 is 0 Å². The van der Waals surface area contributed by atoms with Crippen molar-refractivity contribution in [2.75, 3.05) is 11.8 Å². The Morgan fingerprint density at radius 1 is 1.03 bits per heavy atom. The number of anilines is 1. The van der Waals surface area contributed by atoms with E-state index in [-0.39, 0.29) is 22.0 Å². The number of methoxy groups -OCH3 is 1. The molecule has 162 valence electrons. The molecule has 4 aromatic rings. The molecule has 0 radical (unpaired) electrons. The zero-order chi connectivity index (χ0) is 22.7. The molecule has 4 rings (SSSR count). The molecule has 3 N–H and O–H groups in total. The van der Waals surface area contributed by atoms with Crippen LogP contribution in [0.15, 0.2) is 87.9 Å². The van der Waals surface area contributed by atoms with Crippen molar-refractivity contribution in [1.82, 2.24) is 4.98 Å². The summed E-state index contributed by atoms with van der Waals surface area (Å²) in [7, 11) is -2.43. The third-order valence-electron chi connectivity index (χ3n) is 4.63. The predicted molar refractivity (Wildman–Crippen MR) is 119 cm³/mol. The number of azo groups is 1. The number of ether oxygens (including phenoxy) is 1. The van der Waals surface area contributed by atoms with Crippen molar-refractivity contribution in [1.29, 1.82) is 0 Å². The zero-order valence-electron chi connectivity index (χ0n) is 16.8. The third-order valence-corrected chi connectivity index (χ3v) is 6.01. The van der Waals surface area contributed by atoms with E-state index in [9.17, 15) is 18.3 Å². The second-order valence-corrected chi connectivity index (χ2v) is 8.42. The molecule has 3 aromatic carbocycles. The lowest BCUT2D eigenvalue weighted by Gasteiger charge is -2.09. The van der Waals surface area contributed by atoms with Gasteiger partial charge in [0.1, 0.15) is 5.75 Å². The summed E-state index contributed by atoms with van der Waals surface area (Å²) < 4.78 is 32.9. The quantitative estimate of drug-likeness (QED) is 0.369. The van der Waals surface area contributed by atoms with Gasteiger partial charge in [-0.05, 0) is 48.5 Å². The first kappa shape index (κ1) is 21.1. The highest BCUT2D eigenvalue weighted by Crippen LogP contribution is 2.35. The van der Waals surface area contributed by atoms with Gasteiger partial charge in [0.15, 0.2) is 5.69 Å². The second kappa shape index (κ2) is 8.52. The lowest BCUT2D eigenvalue weighted by atomic mass is 10.2. The summed E-state index contributed by atoms with van der Waals surface area (Å²) >= 11 is 0. The van der Waals surface area contributed by atoms with Crippen LogP contribution in [0, 0.1) is 0 Å². The van der Waals surface area contributed by atoms with E-state index in [4.69, 9.17) is 4.74 Å². The van der Waals surface area contributed by atoms with Crippen LogP contribution in [-0.2, 0) is 10.0 Å². The summed E-state index contributed by atoms with van der Waals surface area (Å²) in [6.45, 7) is 0. The Morgan fingerprint density at radius 3 is 2.53 bits per heavy atom. The fourth-order valence-electron chi connectivity index (χ4n) is 3.04. The second-order valence-electron chi connectivity index (χ2n) is 6.73. The van der Waals surface area contributed by atoms with Crippen LogP contribution in [-0.4, -0.2) is 31.5 Å². The summed E-state index contributed by atoms with van der Waals surface area (Å²) in [5, 5.41) is 18.1. The Balaban J connectivity index is 1.57. The molecule has 0 spiro atoms. The molecule has 0 saturated heterocycles. The Hall–Kier alpha value is -4.18. The number of para-hydroxylation sites is 1. The van der Waals surface area contributed by atoms with E-state index in [1.54, 1.807) is 48.5 Å². The fraction of sp³-hybridized carbons (Fsp3) is 0.0455. The van der Waals surface area contributed by atoms with Gasteiger partial charge in [0.2, 0.25) is 5.88 Å². The highest BCUT2D eigenvalue weighted by atomic mass is 32.2. The first-order chi connectivity index (χ1) is 15.4.